The minimum Gasteiger partial charge on any atom is -0.382 e. The molecule has 0 aromatic carbocycles. The average Bonchev–Trinajstić information content (AvgIpc) is 3.13. The number of hydrogen-bond acceptors (Lipinski definition) is 4. The minimum atomic E-state index is -0.357. The number of carbonyl (C=O) groups is 1. The molecular formula is C11H15ClN4O2. The number of amides is 1. The summed E-state index contributed by atoms with van der Waals surface area (Å²) < 4.78 is 1.16. The molecule has 1 aliphatic rings. The van der Waals surface area contributed by atoms with Crippen LogP contribution in [0.1, 0.15) is 19.3 Å². The third-order valence-electron chi connectivity index (χ3n) is 2.69. The van der Waals surface area contributed by atoms with E-state index in [1.54, 1.807) is 0 Å². The first-order valence-corrected chi connectivity index (χ1v) is 6.21. The molecule has 2 rings (SSSR count). The smallest absolute Gasteiger partial charge is 0.287 e. The Kier molecular flexibility index (Phi) is 3.86. The summed E-state index contributed by atoms with van der Waals surface area (Å²) in [6.07, 6.45) is 3.97. The molecule has 1 aliphatic carbocycles. The standard InChI is InChI=1S/C11H15ClN4O2/c1-16-11(18)10(12)8(6-14-16)13-5-4-9(17)15-7-2-3-7/h6-7,13H,2-5H2,1H3,(H,15,17). The van der Waals surface area contributed by atoms with Crippen molar-refractivity contribution in [3.8, 4) is 0 Å². The van der Waals surface area contributed by atoms with Crippen LogP contribution in [0, 0.1) is 0 Å². The molecule has 6 nitrogen and oxygen atoms in total. The van der Waals surface area contributed by atoms with Crippen LogP contribution >= 0.6 is 11.6 Å². The molecule has 0 spiro atoms. The van der Waals surface area contributed by atoms with E-state index >= 15 is 0 Å². The summed E-state index contributed by atoms with van der Waals surface area (Å²) in [5.74, 6) is 0.0120. The number of nitrogens with one attached hydrogen (secondary N) is 2. The third-order valence-corrected chi connectivity index (χ3v) is 3.05. The van der Waals surface area contributed by atoms with Crippen LogP contribution in [-0.4, -0.2) is 28.3 Å². The summed E-state index contributed by atoms with van der Waals surface area (Å²) in [4.78, 5) is 22.9. The predicted molar refractivity (Wildman–Crippen MR) is 68.8 cm³/mol. The minimum absolute atomic E-state index is 0.0120. The Bertz CT molecular complexity index is 510. The van der Waals surface area contributed by atoms with Crippen LogP contribution in [0.5, 0.6) is 0 Å². The van der Waals surface area contributed by atoms with E-state index in [1.807, 2.05) is 0 Å². The van der Waals surface area contributed by atoms with E-state index in [4.69, 9.17) is 11.6 Å². The first-order valence-electron chi connectivity index (χ1n) is 5.83. The molecule has 0 atom stereocenters. The van der Waals surface area contributed by atoms with Gasteiger partial charge in [-0.05, 0) is 12.8 Å². The Morgan fingerprint density at radius 1 is 1.61 bits per heavy atom. The number of carbonyl (C=O) groups excluding carboxylic acids is 1. The van der Waals surface area contributed by atoms with Crippen LogP contribution in [0.15, 0.2) is 11.0 Å². The van der Waals surface area contributed by atoms with Crippen molar-refractivity contribution < 1.29 is 4.79 Å². The molecule has 0 radical (unpaired) electrons. The number of halogens is 1. The number of aromatic nitrogens is 2. The van der Waals surface area contributed by atoms with Crippen LogP contribution < -0.4 is 16.2 Å². The summed E-state index contributed by atoms with van der Waals surface area (Å²) in [6.45, 7) is 0.424. The van der Waals surface area contributed by atoms with Gasteiger partial charge in [0.1, 0.15) is 5.02 Å². The number of aryl methyl sites for hydroxylation is 1. The maximum absolute atomic E-state index is 11.5. The second-order valence-corrected chi connectivity index (χ2v) is 4.70. The van der Waals surface area contributed by atoms with Crippen molar-refractivity contribution in [3.05, 3.63) is 21.6 Å². The molecule has 1 fully saturated rings. The zero-order valence-electron chi connectivity index (χ0n) is 10.1. The van der Waals surface area contributed by atoms with Gasteiger partial charge in [0.2, 0.25) is 5.91 Å². The molecule has 0 bridgehead atoms. The quantitative estimate of drug-likeness (QED) is 0.818. The molecule has 1 saturated carbocycles. The van der Waals surface area contributed by atoms with Gasteiger partial charge in [0.15, 0.2) is 0 Å². The number of nitrogens with zero attached hydrogens (tertiary/aromatic N) is 2. The summed E-state index contributed by atoms with van der Waals surface area (Å²) in [5.41, 5.74) is 0.100. The Hall–Kier alpha value is -1.56. The van der Waals surface area contributed by atoms with Crippen molar-refractivity contribution in [3.63, 3.8) is 0 Å². The van der Waals surface area contributed by atoms with E-state index in [1.165, 1.54) is 13.2 Å². The Morgan fingerprint density at radius 3 is 3.00 bits per heavy atom. The lowest BCUT2D eigenvalue weighted by atomic mass is 10.3. The van der Waals surface area contributed by atoms with Crippen molar-refractivity contribution in [1.29, 1.82) is 0 Å². The van der Waals surface area contributed by atoms with E-state index < -0.39 is 0 Å². The van der Waals surface area contributed by atoms with Gasteiger partial charge < -0.3 is 10.6 Å². The second kappa shape index (κ2) is 5.39. The number of hydrogen-bond donors (Lipinski definition) is 2. The normalized spacial score (nSPS) is 14.3. The highest BCUT2D eigenvalue weighted by atomic mass is 35.5. The average molecular weight is 271 g/mol. The van der Waals surface area contributed by atoms with Gasteiger partial charge in [-0.2, -0.15) is 5.10 Å². The van der Waals surface area contributed by atoms with Gasteiger partial charge in [-0.15, -0.1) is 0 Å². The van der Waals surface area contributed by atoms with Crippen LogP contribution in [-0.2, 0) is 11.8 Å². The largest absolute Gasteiger partial charge is 0.382 e. The van der Waals surface area contributed by atoms with Crippen LogP contribution in [0.4, 0.5) is 5.69 Å². The lowest BCUT2D eigenvalue weighted by molar-refractivity contribution is -0.120. The Balaban J connectivity index is 1.84. The van der Waals surface area contributed by atoms with Crippen molar-refractivity contribution in [2.45, 2.75) is 25.3 Å². The molecule has 98 valence electrons. The topological polar surface area (TPSA) is 76.0 Å². The molecule has 0 unspecified atom stereocenters. The SMILES string of the molecule is Cn1ncc(NCCC(=O)NC2CC2)c(Cl)c1=O. The molecule has 1 aromatic heterocycles. The molecule has 0 aliphatic heterocycles. The fourth-order valence-electron chi connectivity index (χ4n) is 1.47. The van der Waals surface area contributed by atoms with E-state index in [0.717, 1.165) is 17.5 Å². The summed E-state index contributed by atoms with van der Waals surface area (Å²) in [6, 6.07) is 0.367. The Labute approximate surface area is 109 Å². The fraction of sp³-hybridized carbons (Fsp3) is 0.545. The van der Waals surface area contributed by atoms with E-state index in [2.05, 4.69) is 15.7 Å². The summed E-state index contributed by atoms with van der Waals surface area (Å²) >= 11 is 5.87. The van der Waals surface area contributed by atoms with Gasteiger partial charge in [-0.3, -0.25) is 9.59 Å². The maximum atomic E-state index is 11.5. The summed E-state index contributed by atoms with van der Waals surface area (Å²) in [7, 11) is 1.53. The van der Waals surface area contributed by atoms with Crippen LogP contribution in [0.25, 0.3) is 0 Å². The van der Waals surface area contributed by atoms with Crippen LogP contribution in [0.3, 0.4) is 0 Å². The van der Waals surface area contributed by atoms with Gasteiger partial charge in [0.05, 0.1) is 11.9 Å². The monoisotopic (exact) mass is 270 g/mol. The highest BCUT2D eigenvalue weighted by molar-refractivity contribution is 6.32. The molecule has 18 heavy (non-hydrogen) atoms. The number of rotatable bonds is 5. The highest BCUT2D eigenvalue weighted by Gasteiger charge is 2.22. The maximum Gasteiger partial charge on any atom is 0.287 e. The molecule has 1 heterocycles. The van der Waals surface area contributed by atoms with Crippen LogP contribution in [0.2, 0.25) is 5.02 Å². The fourth-order valence-corrected chi connectivity index (χ4v) is 1.71. The van der Waals surface area contributed by atoms with Crippen molar-refractivity contribution in [2.24, 2.45) is 7.05 Å². The van der Waals surface area contributed by atoms with Crippen molar-refractivity contribution in [1.82, 2.24) is 15.1 Å². The third kappa shape index (κ3) is 3.22. The first kappa shape index (κ1) is 12.9. The van der Waals surface area contributed by atoms with Crippen molar-refractivity contribution >= 4 is 23.2 Å². The predicted octanol–water partition coefficient (Wildman–Crippen LogP) is 0.514. The van der Waals surface area contributed by atoms with Gasteiger partial charge in [0.25, 0.3) is 5.56 Å². The number of anilines is 1. The molecule has 0 saturated heterocycles. The summed E-state index contributed by atoms with van der Waals surface area (Å²) in [5, 5.41) is 9.76. The lowest BCUT2D eigenvalue weighted by Gasteiger charge is -2.08. The van der Waals surface area contributed by atoms with Gasteiger partial charge >= 0.3 is 0 Å². The van der Waals surface area contributed by atoms with E-state index in [-0.39, 0.29) is 16.5 Å². The second-order valence-electron chi connectivity index (χ2n) is 4.32. The van der Waals surface area contributed by atoms with E-state index in [9.17, 15) is 9.59 Å². The molecule has 2 N–H and O–H groups in total. The van der Waals surface area contributed by atoms with Gasteiger partial charge in [-0.1, -0.05) is 11.6 Å². The molecule has 1 amide bonds. The Morgan fingerprint density at radius 2 is 2.33 bits per heavy atom. The van der Waals surface area contributed by atoms with E-state index in [0.29, 0.717) is 24.7 Å². The lowest BCUT2D eigenvalue weighted by Crippen LogP contribution is -2.27. The zero-order valence-corrected chi connectivity index (χ0v) is 10.8. The van der Waals surface area contributed by atoms with Gasteiger partial charge in [-0.25, -0.2) is 4.68 Å². The molecular weight excluding hydrogens is 256 g/mol. The van der Waals surface area contributed by atoms with Crippen molar-refractivity contribution in [2.75, 3.05) is 11.9 Å². The first-order chi connectivity index (χ1) is 8.58. The molecule has 7 heteroatoms. The molecule has 1 aromatic rings. The van der Waals surface area contributed by atoms with Gasteiger partial charge in [0, 0.05) is 26.1 Å². The zero-order chi connectivity index (χ0) is 13.1. The highest BCUT2D eigenvalue weighted by Crippen LogP contribution is 2.18.